The second-order valence-corrected chi connectivity index (χ2v) is 9.11. The molecule has 0 aliphatic carbocycles. The summed E-state index contributed by atoms with van der Waals surface area (Å²) < 4.78 is 58.6. The van der Waals surface area contributed by atoms with Crippen LogP contribution >= 0.6 is 11.6 Å². The smallest absolute Gasteiger partial charge is 0.387 e. The van der Waals surface area contributed by atoms with Crippen molar-refractivity contribution in [2.24, 2.45) is 0 Å². The van der Waals surface area contributed by atoms with Gasteiger partial charge in [-0.25, -0.2) is 4.39 Å². The molecule has 206 valence electrons. The first-order chi connectivity index (χ1) is 18.5. The molecular formula is C25H23ClF4N6O3. The quantitative estimate of drug-likeness (QED) is 0.301. The van der Waals surface area contributed by atoms with Gasteiger partial charge < -0.3 is 26.0 Å². The summed E-state index contributed by atoms with van der Waals surface area (Å²) in [7, 11) is 1.68. The molecule has 1 fully saturated rings. The van der Waals surface area contributed by atoms with Gasteiger partial charge in [0.25, 0.3) is 5.91 Å². The number of nitrogens with one attached hydrogen (secondary N) is 4. The van der Waals surface area contributed by atoms with E-state index in [1.807, 2.05) is 0 Å². The number of ether oxygens (including phenoxy) is 1. The molecule has 0 bridgehead atoms. The molecule has 2 aromatic heterocycles. The molecule has 1 aromatic carbocycles. The van der Waals surface area contributed by atoms with Crippen LogP contribution in [0.25, 0.3) is 0 Å². The summed E-state index contributed by atoms with van der Waals surface area (Å²) in [4.78, 5) is 34.1. The standard InChI is InChI=1S/C25H23ClF4N6O3/c1-31-16-6-14(9-32-10-16)22(37)36-24(4-5-39-13-24)23(38)34-12-21-19(26)8-17(11-33-21)35-20-3-2-15(27)7-18(20)25(28,29)30/h2-3,6-11,31,35H,4-5,12-13H2,1H3,(H,34,38)(H,36,37). The monoisotopic (exact) mass is 566 g/mol. The number of carbonyl (C=O) groups is 2. The van der Waals surface area contributed by atoms with Crippen LogP contribution < -0.4 is 21.3 Å². The third-order valence-electron chi connectivity index (χ3n) is 6.00. The molecule has 1 saturated heterocycles. The molecule has 9 nitrogen and oxygen atoms in total. The molecule has 1 unspecified atom stereocenters. The lowest BCUT2D eigenvalue weighted by Gasteiger charge is -2.27. The van der Waals surface area contributed by atoms with Gasteiger partial charge in [0.1, 0.15) is 11.4 Å². The van der Waals surface area contributed by atoms with E-state index in [0.717, 1.165) is 12.1 Å². The number of rotatable bonds is 8. The SMILES string of the molecule is CNc1cncc(C(=O)NC2(C(=O)NCc3ncc(Nc4ccc(F)cc4C(F)(F)F)cc3Cl)CCOC2)c1. The molecule has 3 aromatic rings. The lowest BCUT2D eigenvalue weighted by Crippen LogP contribution is -2.59. The van der Waals surface area contributed by atoms with Crippen LogP contribution in [0.15, 0.2) is 48.9 Å². The number of hydrogen-bond donors (Lipinski definition) is 4. The zero-order chi connectivity index (χ0) is 28.2. The summed E-state index contributed by atoms with van der Waals surface area (Å²) in [6, 6.07) is 5.16. The Morgan fingerprint density at radius 2 is 1.92 bits per heavy atom. The van der Waals surface area contributed by atoms with Crippen molar-refractivity contribution in [2.75, 3.05) is 30.9 Å². The highest BCUT2D eigenvalue weighted by atomic mass is 35.5. The van der Waals surface area contributed by atoms with Crippen LogP contribution in [0.1, 0.15) is 28.0 Å². The van der Waals surface area contributed by atoms with Gasteiger partial charge in [-0.1, -0.05) is 11.6 Å². The van der Waals surface area contributed by atoms with Crippen molar-refractivity contribution < 1.29 is 31.9 Å². The zero-order valence-corrected chi connectivity index (χ0v) is 21.2. The van der Waals surface area contributed by atoms with Crippen LogP contribution in [0, 0.1) is 5.82 Å². The highest BCUT2D eigenvalue weighted by Gasteiger charge is 2.44. The fourth-order valence-corrected chi connectivity index (χ4v) is 4.14. The molecule has 0 saturated carbocycles. The van der Waals surface area contributed by atoms with Gasteiger partial charge >= 0.3 is 6.18 Å². The van der Waals surface area contributed by atoms with Gasteiger partial charge in [-0.15, -0.1) is 0 Å². The Labute approximate surface area is 225 Å². The maximum absolute atomic E-state index is 13.4. The van der Waals surface area contributed by atoms with Gasteiger partial charge in [-0.2, -0.15) is 13.2 Å². The second kappa shape index (κ2) is 11.4. The number of amides is 2. The third kappa shape index (κ3) is 6.55. The second-order valence-electron chi connectivity index (χ2n) is 8.70. The Morgan fingerprint density at radius 1 is 1.13 bits per heavy atom. The largest absolute Gasteiger partial charge is 0.418 e. The van der Waals surface area contributed by atoms with Gasteiger partial charge in [-0.3, -0.25) is 19.6 Å². The molecule has 39 heavy (non-hydrogen) atoms. The molecule has 1 atom stereocenters. The van der Waals surface area contributed by atoms with Gasteiger partial charge in [0.15, 0.2) is 0 Å². The first-order valence-electron chi connectivity index (χ1n) is 11.6. The van der Waals surface area contributed by atoms with Crippen molar-refractivity contribution in [3.8, 4) is 0 Å². The number of hydrogen-bond acceptors (Lipinski definition) is 7. The summed E-state index contributed by atoms with van der Waals surface area (Å²) >= 11 is 6.28. The number of nitrogens with zero attached hydrogens (tertiary/aromatic N) is 2. The fourth-order valence-electron chi connectivity index (χ4n) is 3.90. The van der Waals surface area contributed by atoms with Crippen molar-refractivity contribution in [2.45, 2.75) is 24.7 Å². The summed E-state index contributed by atoms with van der Waals surface area (Å²) in [5.74, 6) is -2.06. The highest BCUT2D eigenvalue weighted by molar-refractivity contribution is 6.31. The normalized spacial score (nSPS) is 17.0. The Morgan fingerprint density at radius 3 is 2.59 bits per heavy atom. The highest BCUT2D eigenvalue weighted by Crippen LogP contribution is 2.37. The van der Waals surface area contributed by atoms with Crippen LogP contribution in [-0.2, 0) is 22.3 Å². The van der Waals surface area contributed by atoms with Gasteiger partial charge in [-0.05, 0) is 30.3 Å². The van der Waals surface area contributed by atoms with Crippen LogP contribution in [0.4, 0.5) is 34.6 Å². The molecule has 4 N–H and O–H groups in total. The Balaban J connectivity index is 1.44. The molecule has 3 heterocycles. The summed E-state index contributed by atoms with van der Waals surface area (Å²) in [5, 5.41) is 10.9. The Kier molecular flexibility index (Phi) is 8.21. The molecule has 1 aliphatic rings. The van der Waals surface area contributed by atoms with Gasteiger partial charge in [0, 0.05) is 32.5 Å². The maximum atomic E-state index is 13.4. The van der Waals surface area contributed by atoms with Crippen molar-refractivity contribution in [3.63, 3.8) is 0 Å². The third-order valence-corrected chi connectivity index (χ3v) is 6.33. The average Bonchev–Trinajstić information content (AvgIpc) is 3.38. The predicted molar refractivity (Wildman–Crippen MR) is 135 cm³/mol. The van der Waals surface area contributed by atoms with E-state index >= 15 is 0 Å². The fraction of sp³-hybridized carbons (Fsp3) is 0.280. The zero-order valence-electron chi connectivity index (χ0n) is 20.5. The molecule has 4 rings (SSSR count). The van der Waals surface area contributed by atoms with E-state index in [9.17, 15) is 27.2 Å². The number of alkyl halides is 3. The van der Waals surface area contributed by atoms with Gasteiger partial charge in [0.2, 0.25) is 5.91 Å². The van der Waals surface area contributed by atoms with E-state index in [0.29, 0.717) is 11.8 Å². The lowest BCUT2D eigenvalue weighted by atomic mass is 9.96. The van der Waals surface area contributed by atoms with Crippen LogP contribution in [0.5, 0.6) is 0 Å². The van der Waals surface area contributed by atoms with Crippen molar-refractivity contribution in [1.82, 2.24) is 20.6 Å². The Bertz CT molecular complexity index is 1380. The van der Waals surface area contributed by atoms with E-state index in [1.54, 1.807) is 19.3 Å². The maximum Gasteiger partial charge on any atom is 0.418 e. The molecular weight excluding hydrogens is 544 g/mol. The molecule has 0 radical (unpaired) electrons. The average molecular weight is 567 g/mol. The first-order valence-corrected chi connectivity index (χ1v) is 12.0. The number of pyridine rings is 2. The van der Waals surface area contributed by atoms with Gasteiger partial charge in [0.05, 0.1) is 58.3 Å². The molecule has 14 heteroatoms. The van der Waals surface area contributed by atoms with Crippen LogP contribution in [-0.4, -0.2) is 47.6 Å². The van der Waals surface area contributed by atoms with E-state index < -0.39 is 34.9 Å². The molecule has 1 aliphatic heterocycles. The number of halogens is 5. The summed E-state index contributed by atoms with van der Waals surface area (Å²) in [5.41, 5.74) is -1.67. The predicted octanol–water partition coefficient (Wildman–Crippen LogP) is 4.28. The first kappa shape index (κ1) is 28.0. The topological polar surface area (TPSA) is 117 Å². The molecule has 0 spiro atoms. The number of anilines is 3. The summed E-state index contributed by atoms with van der Waals surface area (Å²) in [6.45, 7) is 0.0782. The Hall–Kier alpha value is -3.97. The van der Waals surface area contributed by atoms with E-state index in [1.165, 1.54) is 18.5 Å². The van der Waals surface area contributed by atoms with Crippen molar-refractivity contribution >= 4 is 40.5 Å². The van der Waals surface area contributed by atoms with Crippen LogP contribution in [0.3, 0.4) is 0 Å². The van der Waals surface area contributed by atoms with E-state index in [2.05, 4.69) is 31.2 Å². The number of aromatic nitrogens is 2. The van der Waals surface area contributed by atoms with E-state index in [4.69, 9.17) is 16.3 Å². The molecule has 2 amide bonds. The minimum atomic E-state index is -4.78. The number of benzene rings is 1. The minimum Gasteiger partial charge on any atom is -0.387 e. The van der Waals surface area contributed by atoms with Crippen molar-refractivity contribution in [3.05, 3.63) is 76.6 Å². The summed E-state index contributed by atoms with van der Waals surface area (Å²) in [6.07, 6.45) is -0.403. The lowest BCUT2D eigenvalue weighted by molar-refractivity contribution is -0.137. The number of carbonyl (C=O) groups excluding carboxylic acids is 2. The van der Waals surface area contributed by atoms with Crippen molar-refractivity contribution in [1.29, 1.82) is 0 Å². The van der Waals surface area contributed by atoms with Crippen LogP contribution in [0.2, 0.25) is 5.02 Å². The van der Waals surface area contributed by atoms with E-state index in [-0.39, 0.29) is 53.8 Å². The minimum absolute atomic E-state index is 0.0487.